The van der Waals surface area contributed by atoms with Crippen LogP contribution < -0.4 is 10.9 Å². The van der Waals surface area contributed by atoms with Crippen LogP contribution in [0.1, 0.15) is 48.9 Å². The Morgan fingerprint density at radius 1 is 1.25 bits per heavy atom. The minimum atomic E-state index is -0.417. The number of hydrogen-bond acceptors (Lipinski definition) is 3. The van der Waals surface area contributed by atoms with E-state index in [1.165, 1.54) is 31.5 Å². The van der Waals surface area contributed by atoms with E-state index in [4.69, 9.17) is 0 Å². The smallest absolute Gasteiger partial charge is 0.262 e. The number of H-pyrrole nitrogens is 1. The summed E-state index contributed by atoms with van der Waals surface area (Å²) in [6.07, 6.45) is 8.09. The van der Waals surface area contributed by atoms with E-state index in [0.717, 1.165) is 19.3 Å². The number of amides is 2. The van der Waals surface area contributed by atoms with Crippen LogP contribution in [0.5, 0.6) is 0 Å². The highest BCUT2D eigenvalue weighted by Gasteiger charge is 2.35. The minimum absolute atomic E-state index is 0.0661. The molecule has 0 bridgehead atoms. The third-order valence-electron chi connectivity index (χ3n) is 4.98. The molecule has 1 aliphatic carbocycles. The van der Waals surface area contributed by atoms with Crippen LogP contribution in [0.3, 0.4) is 0 Å². The van der Waals surface area contributed by atoms with Gasteiger partial charge in [-0.15, -0.1) is 0 Å². The fourth-order valence-electron chi connectivity index (χ4n) is 3.68. The van der Waals surface area contributed by atoms with E-state index >= 15 is 0 Å². The lowest BCUT2D eigenvalue weighted by molar-refractivity contribution is -0.128. The monoisotopic (exact) mass is 395 g/mol. The molecule has 2 heterocycles. The van der Waals surface area contributed by atoms with Crippen molar-refractivity contribution < 1.29 is 9.59 Å². The molecule has 2 N–H and O–H groups in total. The van der Waals surface area contributed by atoms with Gasteiger partial charge in [0.15, 0.2) is 0 Å². The van der Waals surface area contributed by atoms with Gasteiger partial charge in [-0.05, 0) is 34.3 Å². The van der Waals surface area contributed by atoms with E-state index in [2.05, 4.69) is 26.2 Å². The molecule has 1 saturated heterocycles. The maximum Gasteiger partial charge on any atom is 0.262 e. The number of aromatic amines is 1. The molecule has 1 saturated carbocycles. The van der Waals surface area contributed by atoms with Crippen molar-refractivity contribution in [3.63, 3.8) is 0 Å². The molecule has 1 atom stereocenters. The SMILES string of the molecule is O=C1NCCN(C(=O)c2c[nH]c(=O)c(Br)c2)C1CC1CCCCC1. The molecule has 1 unspecified atom stereocenters. The van der Waals surface area contributed by atoms with Crippen molar-refractivity contribution in [2.75, 3.05) is 13.1 Å². The number of aromatic nitrogens is 1. The zero-order chi connectivity index (χ0) is 17.1. The zero-order valence-corrected chi connectivity index (χ0v) is 15.1. The van der Waals surface area contributed by atoms with Crippen LogP contribution in [0, 0.1) is 5.92 Å². The summed E-state index contributed by atoms with van der Waals surface area (Å²) in [7, 11) is 0. The van der Waals surface area contributed by atoms with Gasteiger partial charge >= 0.3 is 0 Å². The number of carbonyl (C=O) groups excluding carboxylic acids is 2. The van der Waals surface area contributed by atoms with Gasteiger partial charge in [0.05, 0.1) is 10.0 Å². The van der Waals surface area contributed by atoms with Gasteiger partial charge in [-0.1, -0.05) is 32.1 Å². The standard InChI is InChI=1S/C17H22BrN3O3/c18-13-9-12(10-20-15(13)22)17(24)21-7-6-19-16(23)14(21)8-11-4-2-1-3-5-11/h9-11,14H,1-8H2,(H,19,23)(H,20,22). The number of pyridine rings is 1. The number of rotatable bonds is 3. The summed E-state index contributed by atoms with van der Waals surface area (Å²) in [5.41, 5.74) is 0.117. The lowest BCUT2D eigenvalue weighted by Crippen LogP contribution is -2.57. The molecule has 0 aromatic carbocycles. The second-order valence-corrected chi connectivity index (χ2v) is 7.46. The highest BCUT2D eigenvalue weighted by atomic mass is 79.9. The molecule has 0 radical (unpaired) electrons. The number of piperazine rings is 1. The van der Waals surface area contributed by atoms with Crippen molar-refractivity contribution in [2.45, 2.75) is 44.6 Å². The average molecular weight is 396 g/mol. The van der Waals surface area contributed by atoms with E-state index in [1.807, 2.05) is 0 Å². The summed E-state index contributed by atoms with van der Waals surface area (Å²) in [5, 5.41) is 2.88. The summed E-state index contributed by atoms with van der Waals surface area (Å²) in [5.74, 6) is 0.233. The summed E-state index contributed by atoms with van der Waals surface area (Å²) in [4.78, 5) is 40.9. The molecule has 2 fully saturated rings. The Bertz CT molecular complexity index is 682. The average Bonchev–Trinajstić information content (AvgIpc) is 2.59. The van der Waals surface area contributed by atoms with E-state index in [0.29, 0.717) is 29.0 Å². The van der Waals surface area contributed by atoms with Gasteiger partial charge in [0, 0.05) is 19.3 Å². The number of nitrogens with one attached hydrogen (secondary N) is 2. The molecular formula is C17H22BrN3O3. The Morgan fingerprint density at radius 2 is 2.00 bits per heavy atom. The molecule has 7 heteroatoms. The summed E-state index contributed by atoms with van der Waals surface area (Å²) < 4.78 is 0.318. The maximum absolute atomic E-state index is 12.9. The van der Waals surface area contributed by atoms with Crippen LogP contribution >= 0.6 is 15.9 Å². The van der Waals surface area contributed by atoms with Gasteiger partial charge in [0.2, 0.25) is 5.91 Å². The van der Waals surface area contributed by atoms with Crippen LogP contribution in [0.15, 0.2) is 21.5 Å². The van der Waals surface area contributed by atoms with Gasteiger partial charge in [-0.2, -0.15) is 0 Å². The molecule has 24 heavy (non-hydrogen) atoms. The largest absolute Gasteiger partial charge is 0.353 e. The van der Waals surface area contributed by atoms with Crippen LogP contribution in [-0.2, 0) is 4.79 Å². The fourth-order valence-corrected chi connectivity index (χ4v) is 4.04. The van der Waals surface area contributed by atoms with E-state index in [1.54, 1.807) is 4.90 Å². The molecule has 1 aliphatic heterocycles. The predicted octanol–water partition coefficient (Wildman–Crippen LogP) is 2.05. The summed E-state index contributed by atoms with van der Waals surface area (Å²) >= 11 is 3.15. The number of hydrogen-bond donors (Lipinski definition) is 2. The first kappa shape index (κ1) is 17.2. The molecule has 2 aliphatic rings. The highest BCUT2D eigenvalue weighted by molar-refractivity contribution is 9.10. The third kappa shape index (κ3) is 3.71. The molecule has 1 aromatic rings. The normalized spacial score (nSPS) is 22.3. The molecule has 2 amide bonds. The van der Waals surface area contributed by atoms with Gasteiger partial charge in [0.1, 0.15) is 6.04 Å². The Morgan fingerprint density at radius 3 is 2.71 bits per heavy atom. The second-order valence-electron chi connectivity index (χ2n) is 6.61. The van der Waals surface area contributed by atoms with Gasteiger partial charge in [-0.25, -0.2) is 0 Å². The van der Waals surface area contributed by atoms with E-state index in [9.17, 15) is 14.4 Å². The predicted molar refractivity (Wildman–Crippen MR) is 93.8 cm³/mol. The first-order valence-electron chi connectivity index (χ1n) is 8.53. The number of carbonyl (C=O) groups is 2. The van der Waals surface area contributed by atoms with Crippen molar-refractivity contribution in [3.8, 4) is 0 Å². The Balaban J connectivity index is 1.79. The zero-order valence-electron chi connectivity index (χ0n) is 13.5. The Labute approximate surface area is 149 Å². The Kier molecular flexibility index (Phi) is 5.38. The third-order valence-corrected chi connectivity index (χ3v) is 5.57. The summed E-state index contributed by atoms with van der Waals surface area (Å²) in [6.45, 7) is 0.967. The van der Waals surface area contributed by atoms with Gasteiger partial charge in [0.25, 0.3) is 11.5 Å². The first-order chi connectivity index (χ1) is 11.6. The minimum Gasteiger partial charge on any atom is -0.353 e. The van der Waals surface area contributed by atoms with Gasteiger partial charge in [-0.3, -0.25) is 14.4 Å². The summed E-state index contributed by atoms with van der Waals surface area (Å²) in [6, 6.07) is 1.10. The maximum atomic E-state index is 12.9. The fraction of sp³-hybridized carbons (Fsp3) is 0.588. The number of halogens is 1. The highest BCUT2D eigenvalue weighted by Crippen LogP contribution is 2.29. The molecular weight excluding hydrogens is 374 g/mol. The van der Waals surface area contributed by atoms with Crippen molar-refractivity contribution in [1.82, 2.24) is 15.2 Å². The van der Waals surface area contributed by atoms with Crippen LogP contribution in [-0.4, -0.2) is 40.8 Å². The van der Waals surface area contributed by atoms with Crippen molar-refractivity contribution in [3.05, 3.63) is 32.7 Å². The molecule has 130 valence electrons. The van der Waals surface area contributed by atoms with Crippen LogP contribution in [0.4, 0.5) is 0 Å². The first-order valence-corrected chi connectivity index (χ1v) is 9.32. The quantitative estimate of drug-likeness (QED) is 0.821. The Hall–Kier alpha value is -1.63. The van der Waals surface area contributed by atoms with Gasteiger partial charge < -0.3 is 15.2 Å². The van der Waals surface area contributed by atoms with Crippen LogP contribution in [0.2, 0.25) is 0 Å². The number of nitrogens with zero attached hydrogens (tertiary/aromatic N) is 1. The van der Waals surface area contributed by atoms with Crippen molar-refractivity contribution >= 4 is 27.7 Å². The van der Waals surface area contributed by atoms with Crippen molar-refractivity contribution in [1.29, 1.82) is 0 Å². The second kappa shape index (κ2) is 7.51. The lowest BCUT2D eigenvalue weighted by Gasteiger charge is -2.37. The van der Waals surface area contributed by atoms with Crippen molar-refractivity contribution in [2.24, 2.45) is 5.92 Å². The molecule has 0 spiro atoms. The van der Waals surface area contributed by atoms with E-state index < -0.39 is 6.04 Å². The topological polar surface area (TPSA) is 82.3 Å². The molecule has 6 nitrogen and oxygen atoms in total. The molecule has 1 aromatic heterocycles. The lowest BCUT2D eigenvalue weighted by atomic mass is 9.84. The molecule has 3 rings (SSSR count). The van der Waals surface area contributed by atoms with E-state index in [-0.39, 0.29) is 17.4 Å². The van der Waals surface area contributed by atoms with Crippen LogP contribution in [0.25, 0.3) is 0 Å².